The maximum atomic E-state index is 9.34. The second kappa shape index (κ2) is 3.88. The molecule has 0 radical (unpaired) electrons. The maximum absolute atomic E-state index is 9.34. The van der Waals surface area contributed by atoms with E-state index in [1.807, 2.05) is 0 Å². The molecule has 3 heteroatoms. The van der Waals surface area contributed by atoms with Crippen LogP contribution in [0.4, 0.5) is 0 Å². The number of rotatable bonds is 1. The molecule has 1 aliphatic rings. The highest BCUT2D eigenvalue weighted by Gasteiger charge is 2.27. The van der Waals surface area contributed by atoms with Crippen LogP contribution >= 0.6 is 0 Å². The number of nitrogens with zero attached hydrogens (tertiary/aromatic N) is 1. The highest BCUT2D eigenvalue weighted by molar-refractivity contribution is 4.76. The van der Waals surface area contributed by atoms with E-state index in [0.717, 1.165) is 26.1 Å². The minimum atomic E-state index is -0.0774. The van der Waals surface area contributed by atoms with Crippen molar-refractivity contribution in [2.45, 2.75) is 23.4 Å². The number of aliphatic hydroxyl groups is 1. The van der Waals surface area contributed by atoms with Crippen LogP contribution in [0.15, 0.2) is 0 Å². The van der Waals surface area contributed by atoms with Crippen LogP contribution in [-0.4, -0.2) is 39.7 Å². The zero-order chi connectivity index (χ0) is 7.56. The van der Waals surface area contributed by atoms with Gasteiger partial charge in [-0.05, 0) is 6.54 Å². The molecule has 0 spiro atoms. The first-order valence-corrected chi connectivity index (χ1v) is 5.13. The molecule has 1 saturated heterocycles. The first kappa shape index (κ1) is 8.74. The van der Waals surface area contributed by atoms with Crippen LogP contribution in [0.3, 0.4) is 0 Å². The van der Waals surface area contributed by atoms with Crippen LogP contribution in [0.25, 0.3) is 0 Å². The molecule has 0 aromatic heterocycles. The Morgan fingerprint density at radius 2 is 2.30 bits per heavy atom. The Morgan fingerprint density at radius 3 is 2.80 bits per heavy atom. The topological polar surface area (TPSA) is 23.5 Å². The van der Waals surface area contributed by atoms with Crippen LogP contribution in [0, 0.1) is 0 Å². The van der Waals surface area contributed by atoms with Crippen LogP contribution < -0.4 is 22.6 Å². The molecule has 0 aliphatic carbocycles. The first-order valence-electron chi connectivity index (χ1n) is 3.78. The second-order valence-electron chi connectivity index (χ2n) is 2.86. The number of likely N-dealkylation sites (tertiary alicyclic amines) is 1. The van der Waals surface area contributed by atoms with E-state index in [0.29, 0.717) is 3.92 Å². The largest absolute Gasteiger partial charge is 0.392 e. The Balaban J connectivity index is 2.35. The van der Waals surface area contributed by atoms with Gasteiger partial charge in [0, 0.05) is 19.5 Å². The van der Waals surface area contributed by atoms with Gasteiger partial charge in [-0.1, -0.05) is 6.92 Å². The molecule has 0 aromatic carbocycles. The molecule has 0 saturated carbocycles. The number of aliphatic hydroxyl groups excluding tert-OH is 1. The summed E-state index contributed by atoms with van der Waals surface area (Å²) in [7, 11) is 0. The molecule has 1 rings (SSSR count). The van der Waals surface area contributed by atoms with Gasteiger partial charge in [-0.3, -0.25) is 4.90 Å². The van der Waals surface area contributed by atoms with Gasteiger partial charge in [-0.25, -0.2) is 0 Å². The minimum Gasteiger partial charge on any atom is -0.392 e. The van der Waals surface area contributed by atoms with Crippen molar-refractivity contribution in [3.05, 3.63) is 0 Å². The molecular formula is C7H15INO+. The molecule has 2 nitrogen and oxygen atoms in total. The Bertz CT molecular complexity index is 99.8. The lowest BCUT2D eigenvalue weighted by Crippen LogP contribution is -3.40. The second-order valence-corrected chi connectivity index (χ2v) is 4.77. The molecule has 0 aromatic rings. The van der Waals surface area contributed by atoms with E-state index in [1.54, 1.807) is 0 Å². The average molecular weight is 256 g/mol. The summed E-state index contributed by atoms with van der Waals surface area (Å²) in [6, 6.07) is 0. The van der Waals surface area contributed by atoms with E-state index in [-0.39, 0.29) is 6.10 Å². The summed E-state index contributed by atoms with van der Waals surface area (Å²) in [5.74, 6) is 0. The molecule has 60 valence electrons. The summed E-state index contributed by atoms with van der Waals surface area (Å²) in [6.45, 7) is 5.26. The SMILES string of the molecule is CCN1CC(O)CC([IH+])C1. The van der Waals surface area contributed by atoms with Gasteiger partial charge < -0.3 is 5.11 Å². The summed E-state index contributed by atoms with van der Waals surface area (Å²) >= 11 is 2.13. The standard InChI is InChI=1S/C7H15INO/c1-2-9-4-6(8)3-7(10)5-9/h6-8,10H,2-5H2,1H3/q+1. The third-order valence-electron chi connectivity index (χ3n) is 1.91. The van der Waals surface area contributed by atoms with Crippen molar-refractivity contribution in [3.8, 4) is 0 Å². The van der Waals surface area contributed by atoms with E-state index in [2.05, 4.69) is 34.4 Å². The molecule has 1 fully saturated rings. The van der Waals surface area contributed by atoms with Crippen LogP contribution in [-0.2, 0) is 0 Å². The molecule has 2 atom stereocenters. The van der Waals surface area contributed by atoms with Crippen LogP contribution in [0.1, 0.15) is 13.3 Å². The van der Waals surface area contributed by atoms with Gasteiger partial charge in [0.15, 0.2) is 3.92 Å². The van der Waals surface area contributed by atoms with Gasteiger partial charge in [0.05, 0.1) is 6.10 Å². The smallest absolute Gasteiger partial charge is 0.257 e. The minimum absolute atomic E-state index is 0.0774. The summed E-state index contributed by atoms with van der Waals surface area (Å²) in [5.41, 5.74) is 0. The molecular weight excluding hydrogens is 241 g/mol. The third kappa shape index (κ3) is 2.36. The maximum Gasteiger partial charge on any atom is 0.257 e. The van der Waals surface area contributed by atoms with Gasteiger partial charge >= 0.3 is 0 Å². The van der Waals surface area contributed by atoms with E-state index < -0.39 is 0 Å². The number of hydrogen-bond donors (Lipinski definition) is 1. The van der Waals surface area contributed by atoms with Gasteiger partial charge in [-0.15, -0.1) is 0 Å². The number of hydrogen-bond acceptors (Lipinski definition) is 2. The molecule has 10 heavy (non-hydrogen) atoms. The van der Waals surface area contributed by atoms with Crippen molar-refractivity contribution in [1.29, 1.82) is 0 Å². The fraction of sp³-hybridized carbons (Fsp3) is 1.00. The Hall–Kier alpha value is 0.650. The Kier molecular flexibility index (Phi) is 3.39. The van der Waals surface area contributed by atoms with Crippen molar-refractivity contribution in [3.63, 3.8) is 0 Å². The zero-order valence-electron chi connectivity index (χ0n) is 6.29. The highest BCUT2D eigenvalue weighted by atomic mass is 127. The lowest BCUT2D eigenvalue weighted by molar-refractivity contribution is -0.430. The number of likely N-dealkylation sites (N-methyl/N-ethyl adjacent to an activating group) is 1. The van der Waals surface area contributed by atoms with Crippen LogP contribution in [0.5, 0.6) is 0 Å². The first-order chi connectivity index (χ1) is 4.72. The summed E-state index contributed by atoms with van der Waals surface area (Å²) in [5, 5.41) is 9.34. The third-order valence-corrected chi connectivity index (χ3v) is 2.89. The lowest BCUT2D eigenvalue weighted by atomic mass is 10.1. The van der Waals surface area contributed by atoms with Gasteiger partial charge in [0.2, 0.25) is 0 Å². The van der Waals surface area contributed by atoms with Gasteiger partial charge in [0.1, 0.15) is 0 Å². The van der Waals surface area contributed by atoms with E-state index in [1.165, 1.54) is 0 Å². The predicted molar refractivity (Wildman–Crippen MR) is 37.9 cm³/mol. The van der Waals surface area contributed by atoms with E-state index in [9.17, 15) is 5.11 Å². The summed E-state index contributed by atoms with van der Waals surface area (Å²) in [4.78, 5) is 2.31. The average Bonchev–Trinajstić information content (AvgIpc) is 1.85. The van der Waals surface area contributed by atoms with Crippen molar-refractivity contribution in [2.75, 3.05) is 19.6 Å². The highest BCUT2D eigenvalue weighted by Crippen LogP contribution is 2.05. The van der Waals surface area contributed by atoms with Gasteiger partial charge in [0.25, 0.3) is 22.6 Å². The fourth-order valence-corrected chi connectivity index (χ4v) is 2.61. The normalized spacial score (nSPS) is 36.3. The summed E-state index contributed by atoms with van der Waals surface area (Å²) in [6.07, 6.45) is 0.910. The molecule has 1 N–H and O–H groups in total. The Labute approximate surface area is 75.7 Å². The van der Waals surface area contributed by atoms with Crippen molar-refractivity contribution < 1.29 is 27.7 Å². The quantitative estimate of drug-likeness (QED) is 0.393. The van der Waals surface area contributed by atoms with Crippen LogP contribution in [0.2, 0.25) is 0 Å². The number of β-amino-alcohol motifs (C(OH)–C–C–N with tert-alkyl or cyclic N) is 1. The molecule has 0 amide bonds. The number of alkyl halides is 1. The zero-order valence-corrected chi connectivity index (χ0v) is 8.62. The van der Waals surface area contributed by atoms with E-state index in [4.69, 9.17) is 0 Å². The van der Waals surface area contributed by atoms with E-state index >= 15 is 0 Å². The summed E-state index contributed by atoms with van der Waals surface area (Å²) < 4.78 is 0.680. The molecule has 1 heterocycles. The van der Waals surface area contributed by atoms with Gasteiger partial charge in [-0.2, -0.15) is 0 Å². The number of piperidine rings is 1. The molecule has 2 unspecified atom stereocenters. The lowest BCUT2D eigenvalue weighted by Gasteiger charge is -2.28. The van der Waals surface area contributed by atoms with Crippen molar-refractivity contribution in [1.82, 2.24) is 4.90 Å². The monoisotopic (exact) mass is 256 g/mol. The fourth-order valence-electron chi connectivity index (χ4n) is 1.37. The molecule has 1 aliphatic heterocycles. The molecule has 0 bridgehead atoms. The van der Waals surface area contributed by atoms with Crippen molar-refractivity contribution in [2.24, 2.45) is 0 Å². The number of halogens is 1. The van der Waals surface area contributed by atoms with Crippen molar-refractivity contribution >= 4 is 0 Å². The predicted octanol–water partition coefficient (Wildman–Crippen LogP) is -3.27. The Morgan fingerprint density at radius 1 is 1.60 bits per heavy atom.